The third-order valence-corrected chi connectivity index (χ3v) is 3.06. The fourth-order valence-corrected chi connectivity index (χ4v) is 1.60. The van der Waals surface area contributed by atoms with Crippen LogP contribution in [0.25, 0.3) is 0 Å². The van der Waals surface area contributed by atoms with E-state index < -0.39 is 17.9 Å². The number of carbonyl (C=O) groups excluding carboxylic acids is 1. The Morgan fingerprint density at radius 1 is 1.44 bits per heavy atom. The highest BCUT2D eigenvalue weighted by atomic mass is 16.4. The van der Waals surface area contributed by atoms with E-state index in [1.54, 1.807) is 19.9 Å². The number of carboxylic acid groups (broad SMARTS) is 1. The van der Waals surface area contributed by atoms with Crippen molar-refractivity contribution in [1.29, 1.82) is 0 Å². The third kappa shape index (κ3) is 3.12. The summed E-state index contributed by atoms with van der Waals surface area (Å²) >= 11 is 0. The Hall–Kier alpha value is -1.78. The molecule has 1 heterocycles. The van der Waals surface area contributed by atoms with E-state index in [9.17, 15) is 9.59 Å². The summed E-state index contributed by atoms with van der Waals surface area (Å²) < 4.78 is 5.41. The maximum Gasteiger partial charge on any atom is 0.308 e. The van der Waals surface area contributed by atoms with Gasteiger partial charge in [0.2, 0.25) is 0 Å². The zero-order valence-electron chi connectivity index (χ0n) is 11.1. The number of furan rings is 1. The monoisotopic (exact) mass is 253 g/mol. The molecule has 0 radical (unpaired) electrons. The first-order chi connectivity index (χ1) is 8.36. The van der Waals surface area contributed by atoms with Crippen molar-refractivity contribution >= 4 is 11.9 Å². The second-order valence-corrected chi connectivity index (χ2v) is 4.46. The molecule has 0 saturated carbocycles. The summed E-state index contributed by atoms with van der Waals surface area (Å²) in [5, 5.41) is 11.5. The van der Waals surface area contributed by atoms with Crippen molar-refractivity contribution in [2.24, 2.45) is 5.92 Å². The van der Waals surface area contributed by atoms with E-state index in [0.717, 1.165) is 17.7 Å². The van der Waals surface area contributed by atoms with Crippen LogP contribution in [0.1, 0.15) is 42.6 Å². The van der Waals surface area contributed by atoms with E-state index in [-0.39, 0.29) is 11.7 Å². The van der Waals surface area contributed by atoms with Gasteiger partial charge in [-0.25, -0.2) is 0 Å². The summed E-state index contributed by atoms with van der Waals surface area (Å²) in [6.07, 6.45) is 0.722. The average molecular weight is 253 g/mol. The smallest absolute Gasteiger partial charge is 0.308 e. The van der Waals surface area contributed by atoms with E-state index in [1.807, 2.05) is 13.8 Å². The molecule has 1 aromatic heterocycles. The van der Waals surface area contributed by atoms with Crippen LogP contribution in [0.15, 0.2) is 10.5 Å². The molecule has 2 unspecified atom stereocenters. The number of carbonyl (C=O) groups is 2. The summed E-state index contributed by atoms with van der Waals surface area (Å²) in [6.45, 7) is 7.04. The molecule has 0 aliphatic heterocycles. The van der Waals surface area contributed by atoms with Crippen LogP contribution in [0.5, 0.6) is 0 Å². The number of rotatable bonds is 5. The van der Waals surface area contributed by atoms with Gasteiger partial charge in [0, 0.05) is 12.5 Å². The van der Waals surface area contributed by atoms with Crippen LogP contribution in [0, 0.1) is 12.8 Å². The van der Waals surface area contributed by atoms with E-state index in [0.29, 0.717) is 0 Å². The number of amides is 1. The highest BCUT2D eigenvalue weighted by molar-refractivity contribution is 5.92. The molecule has 100 valence electrons. The Labute approximate surface area is 106 Å². The largest absolute Gasteiger partial charge is 0.481 e. The van der Waals surface area contributed by atoms with Gasteiger partial charge in [0.25, 0.3) is 5.91 Å². The Balaban J connectivity index is 2.73. The second kappa shape index (κ2) is 5.71. The standard InChI is InChI=1S/C13H19NO4/c1-5-10-7(2)6-11(18-10)12(15)14-9(4)8(3)13(16)17/h6,8-9H,5H2,1-4H3,(H,14,15)(H,16,17). The van der Waals surface area contributed by atoms with Gasteiger partial charge in [-0.05, 0) is 32.4 Å². The van der Waals surface area contributed by atoms with Gasteiger partial charge in [0.1, 0.15) is 5.76 Å². The molecule has 0 spiro atoms. The lowest BCUT2D eigenvalue weighted by molar-refractivity contribution is -0.141. The van der Waals surface area contributed by atoms with Crippen LogP contribution in [0.3, 0.4) is 0 Å². The lowest BCUT2D eigenvalue weighted by Gasteiger charge is -2.16. The van der Waals surface area contributed by atoms with E-state index in [1.165, 1.54) is 0 Å². The fraction of sp³-hybridized carbons (Fsp3) is 0.538. The van der Waals surface area contributed by atoms with E-state index >= 15 is 0 Å². The number of aryl methyl sites for hydroxylation is 2. The number of nitrogens with one attached hydrogen (secondary N) is 1. The lowest BCUT2D eigenvalue weighted by atomic mass is 10.0. The summed E-state index contributed by atoms with van der Waals surface area (Å²) in [5.41, 5.74) is 0.932. The topological polar surface area (TPSA) is 79.5 Å². The van der Waals surface area contributed by atoms with Crippen LogP contribution >= 0.6 is 0 Å². The SMILES string of the molecule is CCc1oc(C(=O)NC(C)C(C)C(=O)O)cc1C. The van der Waals surface area contributed by atoms with E-state index in [2.05, 4.69) is 5.32 Å². The Kier molecular flexibility index (Phi) is 4.53. The van der Waals surface area contributed by atoms with E-state index in [4.69, 9.17) is 9.52 Å². The summed E-state index contributed by atoms with van der Waals surface area (Å²) in [4.78, 5) is 22.7. The van der Waals surface area contributed by atoms with Crippen molar-refractivity contribution in [1.82, 2.24) is 5.32 Å². The molecular formula is C13H19NO4. The molecule has 0 saturated heterocycles. The molecule has 1 amide bonds. The first-order valence-corrected chi connectivity index (χ1v) is 5.99. The molecule has 0 bridgehead atoms. The van der Waals surface area contributed by atoms with Gasteiger partial charge >= 0.3 is 5.97 Å². The molecule has 5 nitrogen and oxygen atoms in total. The molecule has 5 heteroatoms. The number of hydrogen-bond acceptors (Lipinski definition) is 3. The average Bonchev–Trinajstić information content (AvgIpc) is 2.69. The minimum absolute atomic E-state index is 0.230. The normalized spacial score (nSPS) is 14.0. The number of aliphatic carboxylic acids is 1. The lowest BCUT2D eigenvalue weighted by Crippen LogP contribution is -2.39. The van der Waals surface area contributed by atoms with Crippen molar-refractivity contribution in [3.63, 3.8) is 0 Å². The first-order valence-electron chi connectivity index (χ1n) is 5.99. The Bertz CT molecular complexity index is 450. The molecule has 0 aliphatic rings. The highest BCUT2D eigenvalue weighted by Crippen LogP contribution is 2.15. The maximum absolute atomic E-state index is 11.9. The predicted octanol–water partition coefficient (Wildman–Crippen LogP) is 1.99. The summed E-state index contributed by atoms with van der Waals surface area (Å²) in [7, 11) is 0. The quantitative estimate of drug-likeness (QED) is 0.841. The zero-order valence-corrected chi connectivity index (χ0v) is 11.1. The second-order valence-electron chi connectivity index (χ2n) is 4.46. The highest BCUT2D eigenvalue weighted by Gasteiger charge is 2.23. The van der Waals surface area contributed by atoms with Gasteiger partial charge in [0.05, 0.1) is 5.92 Å². The molecule has 2 atom stereocenters. The van der Waals surface area contributed by atoms with Crippen molar-refractivity contribution in [3.05, 3.63) is 23.2 Å². The van der Waals surface area contributed by atoms with Crippen molar-refractivity contribution in [3.8, 4) is 0 Å². The Morgan fingerprint density at radius 2 is 2.06 bits per heavy atom. The van der Waals surface area contributed by atoms with Gasteiger partial charge in [0.15, 0.2) is 5.76 Å². The molecule has 18 heavy (non-hydrogen) atoms. The number of hydrogen-bond donors (Lipinski definition) is 2. The van der Waals surface area contributed by atoms with Gasteiger partial charge < -0.3 is 14.8 Å². The molecule has 1 aromatic rings. The van der Waals surface area contributed by atoms with Crippen LogP contribution in [0.4, 0.5) is 0 Å². The van der Waals surface area contributed by atoms with Gasteiger partial charge in [-0.3, -0.25) is 9.59 Å². The van der Waals surface area contributed by atoms with Crippen LogP contribution in [-0.4, -0.2) is 23.0 Å². The van der Waals surface area contributed by atoms with Gasteiger partial charge in [-0.2, -0.15) is 0 Å². The maximum atomic E-state index is 11.9. The molecule has 2 N–H and O–H groups in total. The molecule has 0 fully saturated rings. The predicted molar refractivity (Wildman–Crippen MR) is 66.6 cm³/mol. The third-order valence-electron chi connectivity index (χ3n) is 3.06. The summed E-state index contributed by atoms with van der Waals surface area (Å²) in [5.74, 6) is -0.949. The summed E-state index contributed by atoms with van der Waals surface area (Å²) in [6, 6.07) is 1.22. The molecular weight excluding hydrogens is 234 g/mol. The van der Waals surface area contributed by atoms with Crippen molar-refractivity contribution in [2.45, 2.75) is 40.2 Å². The van der Waals surface area contributed by atoms with Crippen LogP contribution in [-0.2, 0) is 11.2 Å². The minimum atomic E-state index is -0.937. The first kappa shape index (κ1) is 14.3. The number of carboxylic acids is 1. The molecule has 0 aromatic carbocycles. The van der Waals surface area contributed by atoms with Gasteiger partial charge in [-0.1, -0.05) is 6.92 Å². The zero-order chi connectivity index (χ0) is 13.9. The Morgan fingerprint density at radius 3 is 2.50 bits per heavy atom. The van der Waals surface area contributed by atoms with Gasteiger partial charge in [-0.15, -0.1) is 0 Å². The van der Waals surface area contributed by atoms with Crippen LogP contribution < -0.4 is 5.32 Å². The fourth-order valence-electron chi connectivity index (χ4n) is 1.60. The molecule has 1 rings (SSSR count). The molecule has 0 aliphatic carbocycles. The van der Waals surface area contributed by atoms with Crippen molar-refractivity contribution in [2.75, 3.05) is 0 Å². The van der Waals surface area contributed by atoms with Crippen molar-refractivity contribution < 1.29 is 19.1 Å². The minimum Gasteiger partial charge on any atom is -0.481 e. The van der Waals surface area contributed by atoms with Crippen LogP contribution in [0.2, 0.25) is 0 Å².